The van der Waals surface area contributed by atoms with Gasteiger partial charge in [0.05, 0.1) is 24.1 Å². The summed E-state index contributed by atoms with van der Waals surface area (Å²) in [5.74, 6) is -5.88. The average Bonchev–Trinajstić information content (AvgIpc) is 3.13. The molecule has 8 atom stereocenters. The Hall–Kier alpha value is -4.49. The van der Waals surface area contributed by atoms with Gasteiger partial charge in [-0.05, 0) is 77.2 Å². The second-order valence-electron chi connectivity index (χ2n) is 14.3. The van der Waals surface area contributed by atoms with Crippen molar-refractivity contribution in [3.05, 3.63) is 35.9 Å². The molecule has 1 aromatic rings. The quantitative estimate of drug-likeness (QED) is 0.100. The molecule has 18 heteroatoms. The third-order valence-electron chi connectivity index (χ3n) is 9.33. The van der Waals surface area contributed by atoms with Gasteiger partial charge in [0.1, 0.15) is 24.2 Å². The molecule has 55 heavy (non-hydrogen) atoms. The van der Waals surface area contributed by atoms with Crippen LogP contribution in [0.5, 0.6) is 0 Å². The van der Waals surface area contributed by atoms with Crippen LogP contribution in [0.2, 0.25) is 0 Å². The van der Waals surface area contributed by atoms with Gasteiger partial charge in [-0.1, -0.05) is 44.2 Å². The Kier molecular flexibility index (Phi) is 20.5. The van der Waals surface area contributed by atoms with Gasteiger partial charge in [-0.3, -0.25) is 33.6 Å². The largest absolute Gasteiger partial charge is 0.393 e. The van der Waals surface area contributed by atoms with Crippen LogP contribution >= 0.6 is 0 Å². The van der Waals surface area contributed by atoms with Crippen molar-refractivity contribution in [1.82, 2.24) is 37.2 Å². The number of rotatable bonds is 12. The van der Waals surface area contributed by atoms with E-state index in [0.717, 1.165) is 0 Å². The van der Waals surface area contributed by atoms with E-state index in [2.05, 4.69) is 37.2 Å². The molecule has 2 rings (SSSR count). The molecule has 1 fully saturated rings. The maximum atomic E-state index is 14.0. The van der Waals surface area contributed by atoms with E-state index in [4.69, 9.17) is 17.2 Å². The molecule has 1 aliphatic rings. The van der Waals surface area contributed by atoms with Crippen LogP contribution in [0.4, 0.5) is 0 Å². The second-order valence-corrected chi connectivity index (χ2v) is 14.3. The number of likely N-dealkylation sites (N-methyl/N-ethyl adjacent to an activating group) is 1. The first-order chi connectivity index (χ1) is 26.1. The predicted octanol–water partition coefficient (Wildman–Crippen LogP) is -3.19. The van der Waals surface area contributed by atoms with Crippen LogP contribution in [0, 0.1) is 11.8 Å². The van der Waals surface area contributed by atoms with E-state index in [-0.39, 0.29) is 70.6 Å². The molecule has 1 saturated heterocycles. The van der Waals surface area contributed by atoms with Crippen molar-refractivity contribution in [2.45, 2.75) is 108 Å². The number of hydrogen-bond acceptors (Lipinski definition) is 12. The van der Waals surface area contributed by atoms with Crippen LogP contribution in [-0.4, -0.2) is 122 Å². The van der Waals surface area contributed by atoms with Gasteiger partial charge >= 0.3 is 0 Å². The topological polar surface area (TPSA) is 302 Å². The molecule has 308 valence electrons. The number of amides is 6. The summed E-state index contributed by atoms with van der Waals surface area (Å²) >= 11 is 0. The molecule has 1 aromatic carbocycles. The molecular formula is C37H62N10O8. The SMILES string of the molecule is CNC1CCNC(=O)C(C(C)O)CC(=O)C(CCN)NC(=O)C(CCN)NC(=O)C(CC(C)C)NC(=O)C(Cc2ccccc2)NC(=O)C(CCN)NC1=O. The Morgan fingerprint density at radius 2 is 1.15 bits per heavy atom. The smallest absolute Gasteiger partial charge is 0.243 e. The molecule has 8 unspecified atom stereocenters. The molecule has 0 spiro atoms. The minimum absolute atomic E-state index is 0.00106. The van der Waals surface area contributed by atoms with Gasteiger partial charge in [0, 0.05) is 19.4 Å². The molecule has 0 aromatic heterocycles. The fourth-order valence-electron chi connectivity index (χ4n) is 6.19. The highest BCUT2D eigenvalue weighted by Gasteiger charge is 2.35. The van der Waals surface area contributed by atoms with Crippen molar-refractivity contribution in [1.29, 1.82) is 0 Å². The summed E-state index contributed by atoms with van der Waals surface area (Å²) < 4.78 is 0. The van der Waals surface area contributed by atoms with E-state index in [1.54, 1.807) is 30.3 Å². The van der Waals surface area contributed by atoms with Crippen molar-refractivity contribution >= 4 is 41.2 Å². The monoisotopic (exact) mass is 774 g/mol. The summed E-state index contributed by atoms with van der Waals surface area (Å²) in [4.78, 5) is 95.3. The lowest BCUT2D eigenvalue weighted by Gasteiger charge is -2.28. The Morgan fingerprint density at radius 3 is 1.67 bits per heavy atom. The maximum absolute atomic E-state index is 14.0. The first-order valence-corrected chi connectivity index (χ1v) is 19.0. The third-order valence-corrected chi connectivity index (χ3v) is 9.33. The highest BCUT2D eigenvalue weighted by Crippen LogP contribution is 2.14. The molecule has 1 heterocycles. The first kappa shape index (κ1) is 46.7. The number of nitrogens with one attached hydrogen (secondary N) is 7. The normalized spacial score (nSPS) is 26.6. The molecule has 0 radical (unpaired) electrons. The summed E-state index contributed by atoms with van der Waals surface area (Å²) in [5, 5.41) is 29.5. The van der Waals surface area contributed by atoms with Crippen LogP contribution in [0.25, 0.3) is 0 Å². The first-order valence-electron chi connectivity index (χ1n) is 19.0. The van der Waals surface area contributed by atoms with Gasteiger partial charge in [0.25, 0.3) is 0 Å². The second kappa shape index (κ2) is 24.1. The van der Waals surface area contributed by atoms with Crippen molar-refractivity contribution in [2.75, 3.05) is 33.2 Å². The molecule has 6 amide bonds. The van der Waals surface area contributed by atoms with E-state index >= 15 is 0 Å². The minimum Gasteiger partial charge on any atom is -0.393 e. The van der Waals surface area contributed by atoms with Gasteiger partial charge in [-0.15, -0.1) is 0 Å². The zero-order valence-corrected chi connectivity index (χ0v) is 32.4. The molecule has 18 nitrogen and oxygen atoms in total. The number of aliphatic hydroxyl groups excluding tert-OH is 1. The predicted molar refractivity (Wildman–Crippen MR) is 206 cm³/mol. The van der Waals surface area contributed by atoms with E-state index in [9.17, 15) is 38.7 Å². The summed E-state index contributed by atoms with van der Waals surface area (Å²) in [6, 6.07) is 2.16. The van der Waals surface area contributed by atoms with Gasteiger partial charge < -0.3 is 59.5 Å². The van der Waals surface area contributed by atoms with Gasteiger partial charge in [0.2, 0.25) is 35.4 Å². The fourth-order valence-corrected chi connectivity index (χ4v) is 6.19. The summed E-state index contributed by atoms with van der Waals surface area (Å²) in [6.07, 6.45) is -1.41. The Bertz CT molecular complexity index is 1430. The summed E-state index contributed by atoms with van der Waals surface area (Å²) in [5.41, 5.74) is 18.1. The van der Waals surface area contributed by atoms with E-state index in [1.807, 2.05) is 13.8 Å². The summed E-state index contributed by atoms with van der Waals surface area (Å²) in [6.45, 7) is 5.02. The number of benzene rings is 1. The van der Waals surface area contributed by atoms with Crippen molar-refractivity contribution < 1.29 is 38.7 Å². The van der Waals surface area contributed by atoms with Gasteiger partial charge in [-0.25, -0.2) is 0 Å². The maximum Gasteiger partial charge on any atom is 0.243 e. The van der Waals surface area contributed by atoms with Crippen LogP contribution in [0.15, 0.2) is 30.3 Å². The summed E-state index contributed by atoms with van der Waals surface area (Å²) in [7, 11) is 1.53. The lowest BCUT2D eigenvalue weighted by atomic mass is 9.92. The number of carbonyl (C=O) groups is 7. The van der Waals surface area contributed by atoms with Crippen molar-refractivity contribution in [3.8, 4) is 0 Å². The average molecular weight is 775 g/mol. The van der Waals surface area contributed by atoms with Crippen molar-refractivity contribution in [3.63, 3.8) is 0 Å². The van der Waals surface area contributed by atoms with E-state index in [0.29, 0.717) is 5.56 Å². The van der Waals surface area contributed by atoms with E-state index in [1.165, 1.54) is 14.0 Å². The molecule has 0 aliphatic carbocycles. The standard InChI is InChI=1S/C37H62N10O8/c1-21(2)18-29-36(54)45-27(11-15-39)34(52)43-25(10-14-38)31(49)20-24(22(3)48)32(50)42-17-13-26(41-4)33(51)44-28(12-16-40)35(53)47-30(37(55)46-29)19-23-8-6-5-7-9-23/h5-9,21-22,24-30,41,48H,10-20,38-40H2,1-4H3,(H,42,50)(H,43,52)(H,44,51)(H,45,54)(H,46,55)(H,47,53). The van der Waals surface area contributed by atoms with Crippen LogP contribution in [0.3, 0.4) is 0 Å². The van der Waals surface area contributed by atoms with E-state index < -0.39 is 95.9 Å². The number of carbonyl (C=O) groups excluding carboxylic acids is 7. The fraction of sp³-hybridized carbons (Fsp3) is 0.649. The minimum atomic E-state index is -1.25. The molecular weight excluding hydrogens is 712 g/mol. The van der Waals surface area contributed by atoms with Crippen LogP contribution in [0.1, 0.15) is 64.9 Å². The van der Waals surface area contributed by atoms with Gasteiger partial charge in [0.15, 0.2) is 5.78 Å². The molecule has 0 bridgehead atoms. The molecule has 1 aliphatic heterocycles. The lowest BCUT2D eigenvalue weighted by molar-refractivity contribution is -0.136. The lowest BCUT2D eigenvalue weighted by Crippen LogP contribution is -2.60. The Balaban J connectivity index is 2.60. The zero-order chi connectivity index (χ0) is 41.1. The number of nitrogens with two attached hydrogens (primary N) is 3. The molecule has 14 N–H and O–H groups in total. The zero-order valence-electron chi connectivity index (χ0n) is 32.4. The highest BCUT2D eigenvalue weighted by atomic mass is 16.3. The highest BCUT2D eigenvalue weighted by molar-refractivity contribution is 5.97. The van der Waals surface area contributed by atoms with Crippen LogP contribution < -0.4 is 54.4 Å². The van der Waals surface area contributed by atoms with Crippen molar-refractivity contribution in [2.24, 2.45) is 29.0 Å². The number of ketones is 1. The Labute approximate surface area is 323 Å². The van der Waals surface area contributed by atoms with Gasteiger partial charge in [-0.2, -0.15) is 0 Å². The Morgan fingerprint density at radius 1 is 0.673 bits per heavy atom. The number of hydrogen-bond donors (Lipinski definition) is 11. The number of Topliss-reactive ketones (excluding diaryl/α,β-unsaturated/α-hetero) is 1. The van der Waals surface area contributed by atoms with Crippen LogP contribution in [-0.2, 0) is 40.0 Å². The number of aliphatic hydroxyl groups is 1. The third kappa shape index (κ3) is 15.6. The molecule has 0 saturated carbocycles.